The molecule has 0 aliphatic rings. The number of hydrogen-bond acceptors (Lipinski definition) is 5. The highest BCUT2D eigenvalue weighted by Gasteiger charge is 2.23. The minimum absolute atomic E-state index is 0.0656. The second-order valence-electron chi connectivity index (χ2n) is 8.03. The molecule has 0 saturated carbocycles. The molecule has 0 aliphatic carbocycles. The molecule has 0 bridgehead atoms. The second kappa shape index (κ2) is 9.61. The van der Waals surface area contributed by atoms with E-state index < -0.39 is 17.4 Å². The van der Waals surface area contributed by atoms with Crippen LogP contribution in [-0.2, 0) is 4.79 Å². The van der Waals surface area contributed by atoms with Crippen molar-refractivity contribution in [1.29, 1.82) is 0 Å². The fourth-order valence-electron chi connectivity index (χ4n) is 3.45. The molecule has 6 nitrogen and oxygen atoms in total. The largest absolute Gasteiger partial charge is 0.497 e. The van der Waals surface area contributed by atoms with Crippen molar-refractivity contribution in [2.24, 2.45) is 0 Å². The second-order valence-corrected chi connectivity index (χ2v) is 8.44. The predicted molar refractivity (Wildman–Crippen MR) is 134 cm³/mol. The van der Waals surface area contributed by atoms with Crippen molar-refractivity contribution in [3.05, 3.63) is 87.0 Å². The molecule has 1 atom stereocenters. The first-order valence-electron chi connectivity index (χ1n) is 10.7. The van der Waals surface area contributed by atoms with Gasteiger partial charge in [0.2, 0.25) is 11.2 Å². The van der Waals surface area contributed by atoms with Gasteiger partial charge in [-0.25, -0.2) is 0 Å². The zero-order valence-electron chi connectivity index (χ0n) is 19.3. The first kappa shape index (κ1) is 23.4. The van der Waals surface area contributed by atoms with E-state index in [0.29, 0.717) is 27.6 Å². The topological polar surface area (TPSA) is 77.8 Å². The SMILES string of the molecule is COc1ccc(-c2oc3cc(C)c(Cl)cc3c(=O)c2OC(C)C(=O)Nc2ccc(C)cc2)cc1. The standard InChI is InChI=1S/C27H24ClNO5/c1-15-5-9-19(10-6-15)29-27(31)17(3)33-26-24(30)21-14-22(28)16(2)13-23(21)34-25(26)18-7-11-20(32-4)12-8-18/h5-14,17H,1-4H3,(H,29,31). The van der Waals surface area contributed by atoms with Gasteiger partial charge in [0.1, 0.15) is 11.3 Å². The van der Waals surface area contributed by atoms with Gasteiger partial charge in [0.25, 0.3) is 5.91 Å². The number of carbonyl (C=O) groups is 1. The number of amides is 1. The Kier molecular flexibility index (Phi) is 6.61. The van der Waals surface area contributed by atoms with Gasteiger partial charge in [0.15, 0.2) is 11.9 Å². The summed E-state index contributed by atoms with van der Waals surface area (Å²) in [4.78, 5) is 26.3. The molecule has 0 saturated heterocycles. The van der Waals surface area contributed by atoms with Crippen molar-refractivity contribution in [2.75, 3.05) is 12.4 Å². The van der Waals surface area contributed by atoms with Gasteiger partial charge in [0.05, 0.1) is 12.5 Å². The molecule has 4 aromatic rings. The van der Waals surface area contributed by atoms with Crippen LogP contribution in [0.1, 0.15) is 18.1 Å². The highest BCUT2D eigenvalue weighted by atomic mass is 35.5. The van der Waals surface area contributed by atoms with Crippen LogP contribution < -0.4 is 20.2 Å². The summed E-state index contributed by atoms with van der Waals surface area (Å²) in [6.45, 7) is 5.37. The Morgan fingerprint density at radius 2 is 1.71 bits per heavy atom. The van der Waals surface area contributed by atoms with E-state index in [9.17, 15) is 9.59 Å². The van der Waals surface area contributed by atoms with Gasteiger partial charge in [-0.05, 0) is 74.9 Å². The van der Waals surface area contributed by atoms with Crippen LogP contribution in [0, 0.1) is 13.8 Å². The zero-order valence-corrected chi connectivity index (χ0v) is 20.0. The number of nitrogens with one attached hydrogen (secondary N) is 1. The lowest BCUT2D eigenvalue weighted by Crippen LogP contribution is -2.31. The molecule has 1 amide bonds. The number of aryl methyl sites for hydroxylation is 2. The third-order valence-electron chi connectivity index (χ3n) is 5.47. The summed E-state index contributed by atoms with van der Waals surface area (Å²) in [6.07, 6.45) is -0.973. The molecule has 174 valence electrons. The quantitative estimate of drug-likeness (QED) is 0.360. The Morgan fingerprint density at radius 3 is 2.35 bits per heavy atom. The lowest BCUT2D eigenvalue weighted by molar-refractivity contribution is -0.122. The van der Waals surface area contributed by atoms with Crippen LogP contribution in [0.25, 0.3) is 22.3 Å². The highest BCUT2D eigenvalue weighted by molar-refractivity contribution is 6.32. The Balaban J connectivity index is 1.76. The van der Waals surface area contributed by atoms with Crippen molar-refractivity contribution in [3.8, 4) is 22.8 Å². The number of rotatable bonds is 6. The molecule has 34 heavy (non-hydrogen) atoms. The van der Waals surface area contributed by atoms with Crippen LogP contribution in [0.5, 0.6) is 11.5 Å². The van der Waals surface area contributed by atoms with Crippen molar-refractivity contribution in [2.45, 2.75) is 26.9 Å². The molecule has 3 aromatic carbocycles. The minimum Gasteiger partial charge on any atom is -0.497 e. The summed E-state index contributed by atoms with van der Waals surface area (Å²) in [6, 6.07) is 17.7. The molecule has 1 heterocycles. The Hall–Kier alpha value is -3.77. The van der Waals surface area contributed by atoms with Gasteiger partial charge in [-0.3, -0.25) is 9.59 Å². The number of hydrogen-bond donors (Lipinski definition) is 1. The van der Waals surface area contributed by atoms with E-state index in [2.05, 4.69) is 5.32 Å². The third kappa shape index (κ3) is 4.77. The van der Waals surface area contributed by atoms with E-state index in [1.165, 1.54) is 0 Å². The fraction of sp³-hybridized carbons (Fsp3) is 0.185. The third-order valence-corrected chi connectivity index (χ3v) is 5.87. The van der Waals surface area contributed by atoms with Gasteiger partial charge in [0, 0.05) is 16.3 Å². The average Bonchev–Trinajstić information content (AvgIpc) is 2.83. The van der Waals surface area contributed by atoms with Gasteiger partial charge < -0.3 is 19.2 Å². The number of carbonyl (C=O) groups excluding carboxylic acids is 1. The summed E-state index contributed by atoms with van der Waals surface area (Å²) in [7, 11) is 1.57. The van der Waals surface area contributed by atoms with Crippen LogP contribution in [0.3, 0.4) is 0 Å². The van der Waals surface area contributed by atoms with E-state index in [4.69, 9.17) is 25.5 Å². The molecule has 1 N–H and O–H groups in total. The number of benzene rings is 3. The molecular formula is C27H24ClNO5. The molecule has 0 radical (unpaired) electrons. The monoisotopic (exact) mass is 477 g/mol. The Labute approximate surface area is 202 Å². The Bertz CT molecular complexity index is 1410. The number of halogens is 1. The Morgan fingerprint density at radius 1 is 1.03 bits per heavy atom. The fourth-order valence-corrected chi connectivity index (χ4v) is 3.61. The number of fused-ring (bicyclic) bond motifs is 1. The minimum atomic E-state index is -0.973. The van der Waals surface area contributed by atoms with Crippen molar-refractivity contribution < 1.29 is 18.7 Å². The van der Waals surface area contributed by atoms with Gasteiger partial charge in [-0.2, -0.15) is 0 Å². The van der Waals surface area contributed by atoms with Crippen molar-refractivity contribution >= 4 is 34.2 Å². The molecular weight excluding hydrogens is 454 g/mol. The van der Waals surface area contributed by atoms with E-state index in [-0.39, 0.29) is 16.9 Å². The van der Waals surface area contributed by atoms with Crippen LogP contribution >= 0.6 is 11.6 Å². The summed E-state index contributed by atoms with van der Waals surface area (Å²) in [5.74, 6) is 0.412. The maximum Gasteiger partial charge on any atom is 0.265 e. The molecule has 4 rings (SSSR count). The van der Waals surface area contributed by atoms with E-state index >= 15 is 0 Å². The summed E-state index contributed by atoms with van der Waals surface area (Å²) >= 11 is 6.26. The van der Waals surface area contributed by atoms with E-state index in [0.717, 1.165) is 11.1 Å². The summed E-state index contributed by atoms with van der Waals surface area (Å²) in [5.41, 5.74) is 3.06. The summed E-state index contributed by atoms with van der Waals surface area (Å²) in [5, 5.41) is 3.51. The van der Waals surface area contributed by atoms with Crippen LogP contribution in [0.2, 0.25) is 5.02 Å². The maximum atomic E-state index is 13.5. The lowest BCUT2D eigenvalue weighted by atomic mass is 10.1. The first-order chi connectivity index (χ1) is 16.3. The number of ether oxygens (including phenoxy) is 2. The molecule has 0 fully saturated rings. The molecule has 0 spiro atoms. The van der Waals surface area contributed by atoms with Gasteiger partial charge in [-0.15, -0.1) is 0 Å². The molecule has 1 unspecified atom stereocenters. The lowest BCUT2D eigenvalue weighted by Gasteiger charge is -2.17. The molecule has 0 aliphatic heterocycles. The van der Waals surface area contributed by atoms with Crippen molar-refractivity contribution in [1.82, 2.24) is 0 Å². The maximum absolute atomic E-state index is 13.5. The first-order valence-corrected chi connectivity index (χ1v) is 11.1. The van der Waals surface area contributed by atoms with Gasteiger partial charge >= 0.3 is 0 Å². The molecule has 7 heteroatoms. The summed E-state index contributed by atoms with van der Waals surface area (Å²) < 4.78 is 17.3. The van der Waals surface area contributed by atoms with E-state index in [1.54, 1.807) is 62.6 Å². The smallest absolute Gasteiger partial charge is 0.265 e. The normalized spacial score (nSPS) is 11.8. The number of anilines is 1. The molecule has 1 aromatic heterocycles. The van der Waals surface area contributed by atoms with Gasteiger partial charge in [-0.1, -0.05) is 29.3 Å². The van der Waals surface area contributed by atoms with E-state index in [1.807, 2.05) is 26.0 Å². The average molecular weight is 478 g/mol. The number of methoxy groups -OCH3 is 1. The van der Waals surface area contributed by atoms with Crippen LogP contribution in [-0.4, -0.2) is 19.1 Å². The van der Waals surface area contributed by atoms with Crippen LogP contribution in [0.15, 0.2) is 69.9 Å². The van der Waals surface area contributed by atoms with Crippen molar-refractivity contribution in [3.63, 3.8) is 0 Å². The zero-order chi connectivity index (χ0) is 24.4. The highest BCUT2D eigenvalue weighted by Crippen LogP contribution is 2.34. The van der Waals surface area contributed by atoms with Crippen LogP contribution in [0.4, 0.5) is 5.69 Å². The predicted octanol–water partition coefficient (Wildman–Crippen LogP) is 6.14.